The highest BCUT2D eigenvalue weighted by molar-refractivity contribution is 6.27. The predicted octanol–water partition coefficient (Wildman–Crippen LogP) is 3.77. The van der Waals surface area contributed by atoms with E-state index in [1.54, 1.807) is 14.2 Å². The Bertz CT molecular complexity index is 1100. The number of ether oxygens (including phenoxy) is 3. The maximum atomic E-state index is 9.10. The van der Waals surface area contributed by atoms with E-state index in [9.17, 15) is 0 Å². The monoisotopic (exact) mass is 500 g/mol. The summed E-state index contributed by atoms with van der Waals surface area (Å²) in [7, 11) is 5.43. The molecule has 3 rings (SSSR count). The molecule has 0 fully saturated rings. The summed E-state index contributed by atoms with van der Waals surface area (Å²) in [5.41, 5.74) is 3.16. The summed E-state index contributed by atoms with van der Waals surface area (Å²) in [4.78, 5) is 20.5. The Morgan fingerprint density at radius 3 is 2.25 bits per heavy atom. The molecule has 0 amide bonds. The molecule has 1 heterocycles. The van der Waals surface area contributed by atoms with E-state index in [-0.39, 0.29) is 0 Å². The Morgan fingerprint density at radius 2 is 1.64 bits per heavy atom. The smallest absolute Gasteiger partial charge is 0.414 e. The number of rotatable bonds is 11. The van der Waals surface area contributed by atoms with Crippen LogP contribution < -0.4 is 14.2 Å². The lowest BCUT2D eigenvalue weighted by molar-refractivity contribution is -0.159. The summed E-state index contributed by atoms with van der Waals surface area (Å²) in [5.74, 6) is -0.793. The number of carboxylic acid groups (broad SMARTS) is 2. The highest BCUT2D eigenvalue weighted by Gasteiger charge is 2.14. The average molecular weight is 501 g/mol. The van der Waals surface area contributed by atoms with Crippen molar-refractivity contribution in [1.29, 1.82) is 0 Å². The molecule has 10 heteroatoms. The molecule has 194 valence electrons. The molecule has 0 unspecified atom stereocenters. The summed E-state index contributed by atoms with van der Waals surface area (Å²) in [6, 6.07) is 16.0. The minimum Gasteiger partial charge on any atom is -0.493 e. The van der Waals surface area contributed by atoms with Crippen LogP contribution in [0.1, 0.15) is 17.5 Å². The molecule has 0 atom stereocenters. The Balaban J connectivity index is 0.000000678. The maximum Gasteiger partial charge on any atom is 0.414 e. The van der Waals surface area contributed by atoms with Gasteiger partial charge in [0, 0.05) is 18.7 Å². The third-order valence-corrected chi connectivity index (χ3v) is 5.25. The Hall–Kier alpha value is -4.05. The van der Waals surface area contributed by atoms with Gasteiger partial charge in [-0.25, -0.2) is 9.59 Å². The molecule has 0 spiro atoms. The summed E-state index contributed by atoms with van der Waals surface area (Å²) >= 11 is 0. The van der Waals surface area contributed by atoms with Gasteiger partial charge in [0.05, 0.1) is 26.4 Å². The Labute approximate surface area is 210 Å². The van der Waals surface area contributed by atoms with Gasteiger partial charge in [-0.05, 0) is 49.7 Å². The molecule has 0 aliphatic carbocycles. The van der Waals surface area contributed by atoms with Gasteiger partial charge in [0.1, 0.15) is 0 Å². The molecule has 0 aliphatic heterocycles. The van der Waals surface area contributed by atoms with Crippen LogP contribution in [0.3, 0.4) is 0 Å². The first-order valence-corrected chi connectivity index (χ1v) is 11.3. The van der Waals surface area contributed by atoms with Crippen molar-refractivity contribution in [3.8, 4) is 28.7 Å². The molecular weight excluding hydrogens is 468 g/mol. The van der Waals surface area contributed by atoms with Crippen molar-refractivity contribution in [2.45, 2.75) is 19.8 Å². The van der Waals surface area contributed by atoms with Gasteiger partial charge < -0.3 is 33.8 Å². The van der Waals surface area contributed by atoms with Crippen molar-refractivity contribution in [3.05, 3.63) is 59.7 Å². The highest BCUT2D eigenvalue weighted by Crippen LogP contribution is 2.30. The number of methoxy groups -OCH3 is 2. The van der Waals surface area contributed by atoms with Crippen molar-refractivity contribution in [3.63, 3.8) is 0 Å². The largest absolute Gasteiger partial charge is 0.493 e. The average Bonchev–Trinajstić information content (AvgIpc) is 3.25. The van der Waals surface area contributed by atoms with Crippen molar-refractivity contribution < 1.29 is 38.5 Å². The molecule has 0 aliphatic rings. The normalized spacial score (nSPS) is 10.4. The van der Waals surface area contributed by atoms with E-state index in [1.165, 1.54) is 5.56 Å². The number of benzene rings is 2. The zero-order chi connectivity index (χ0) is 26.5. The Morgan fingerprint density at radius 1 is 0.972 bits per heavy atom. The molecule has 1 aromatic heterocycles. The lowest BCUT2D eigenvalue weighted by atomic mass is 10.1. The molecule has 0 bridgehead atoms. The van der Waals surface area contributed by atoms with Gasteiger partial charge in [0.25, 0.3) is 5.88 Å². The molecular formula is C26H32N2O8. The second-order valence-electron chi connectivity index (χ2n) is 7.86. The number of hydrogen-bond donors (Lipinski definition) is 2. The zero-order valence-corrected chi connectivity index (χ0v) is 20.9. The number of carbonyl (C=O) groups is 2. The molecule has 2 aromatic carbocycles. The van der Waals surface area contributed by atoms with Crippen molar-refractivity contribution >= 4 is 11.9 Å². The fourth-order valence-corrected chi connectivity index (χ4v) is 3.29. The molecule has 0 radical (unpaired) electrons. The van der Waals surface area contributed by atoms with E-state index in [4.69, 9.17) is 38.5 Å². The third kappa shape index (κ3) is 8.62. The zero-order valence-electron chi connectivity index (χ0n) is 20.9. The molecule has 10 nitrogen and oxygen atoms in total. The van der Waals surface area contributed by atoms with E-state index >= 15 is 0 Å². The van der Waals surface area contributed by atoms with Gasteiger partial charge in [-0.15, -0.1) is 0 Å². The van der Waals surface area contributed by atoms with Crippen LogP contribution in [0.15, 0.2) is 53.1 Å². The second-order valence-corrected chi connectivity index (χ2v) is 7.86. The van der Waals surface area contributed by atoms with Crippen LogP contribution in [-0.2, 0) is 16.0 Å². The second kappa shape index (κ2) is 14.4. The van der Waals surface area contributed by atoms with E-state index < -0.39 is 11.9 Å². The summed E-state index contributed by atoms with van der Waals surface area (Å²) in [6.07, 6.45) is 1.86. The first-order chi connectivity index (χ1) is 17.3. The number of aromatic nitrogens is 1. The van der Waals surface area contributed by atoms with Crippen LogP contribution in [0, 0.1) is 6.92 Å². The number of aliphatic carboxylic acids is 2. The van der Waals surface area contributed by atoms with Crippen molar-refractivity contribution in [1.82, 2.24) is 10.1 Å². The van der Waals surface area contributed by atoms with Crippen LogP contribution in [-0.4, -0.2) is 73.2 Å². The molecule has 0 saturated heterocycles. The topological polar surface area (TPSA) is 132 Å². The van der Waals surface area contributed by atoms with Gasteiger partial charge in [-0.2, -0.15) is 0 Å². The van der Waals surface area contributed by atoms with Gasteiger partial charge in [-0.3, -0.25) is 0 Å². The quantitative estimate of drug-likeness (QED) is 0.296. The van der Waals surface area contributed by atoms with Crippen LogP contribution in [0.25, 0.3) is 11.3 Å². The fourth-order valence-electron chi connectivity index (χ4n) is 3.29. The minimum atomic E-state index is -1.82. The number of likely N-dealkylation sites (N-methyl/N-ethyl adjacent to an activating group) is 1. The van der Waals surface area contributed by atoms with E-state index in [2.05, 4.69) is 23.2 Å². The fraction of sp³-hybridized carbons (Fsp3) is 0.346. The summed E-state index contributed by atoms with van der Waals surface area (Å²) in [6.45, 7) is 4.47. The first kappa shape index (κ1) is 28.2. The van der Waals surface area contributed by atoms with E-state index in [1.807, 2.05) is 49.4 Å². The number of hydrogen-bond acceptors (Lipinski definition) is 8. The Kier molecular flexibility index (Phi) is 11.3. The van der Waals surface area contributed by atoms with Crippen LogP contribution in [0.2, 0.25) is 0 Å². The van der Waals surface area contributed by atoms with E-state index in [0.717, 1.165) is 54.3 Å². The predicted molar refractivity (Wildman–Crippen MR) is 133 cm³/mol. The number of carboxylic acids is 2. The number of nitrogens with zero attached hydrogens (tertiary/aromatic N) is 2. The van der Waals surface area contributed by atoms with Crippen LogP contribution >= 0.6 is 0 Å². The maximum absolute atomic E-state index is 9.10. The SMILES string of the molecule is COc1ccc(CCN(C)CCCOc2noc(-c3ccccc3)c2C)cc1OC.O=C(O)C(=O)O. The lowest BCUT2D eigenvalue weighted by Gasteiger charge is -2.17. The lowest BCUT2D eigenvalue weighted by Crippen LogP contribution is -2.23. The summed E-state index contributed by atoms with van der Waals surface area (Å²) < 4.78 is 22.0. The van der Waals surface area contributed by atoms with E-state index in [0.29, 0.717) is 12.5 Å². The molecule has 36 heavy (non-hydrogen) atoms. The minimum absolute atomic E-state index is 0.571. The molecule has 0 saturated carbocycles. The molecule has 2 N–H and O–H groups in total. The highest BCUT2D eigenvalue weighted by atomic mass is 16.5. The van der Waals surface area contributed by atoms with Gasteiger partial charge >= 0.3 is 11.9 Å². The van der Waals surface area contributed by atoms with Gasteiger partial charge in [0.15, 0.2) is 17.3 Å². The van der Waals surface area contributed by atoms with Crippen molar-refractivity contribution in [2.75, 3.05) is 41.0 Å². The van der Waals surface area contributed by atoms with Crippen LogP contribution in [0.5, 0.6) is 17.4 Å². The summed E-state index contributed by atoms with van der Waals surface area (Å²) in [5, 5.41) is 18.9. The van der Waals surface area contributed by atoms with Crippen molar-refractivity contribution in [2.24, 2.45) is 0 Å². The first-order valence-electron chi connectivity index (χ1n) is 11.3. The molecule has 3 aromatic rings. The van der Waals surface area contributed by atoms with Gasteiger partial charge in [0.2, 0.25) is 0 Å². The van der Waals surface area contributed by atoms with Gasteiger partial charge in [-0.1, -0.05) is 36.4 Å². The third-order valence-electron chi connectivity index (χ3n) is 5.25. The van der Waals surface area contributed by atoms with Crippen LogP contribution in [0.4, 0.5) is 0 Å². The standard InChI is InChI=1S/C24H30N2O4.C2H2O4/c1-18-23(20-9-6-5-7-10-20)30-25-24(18)29-16-8-14-26(2)15-13-19-11-12-21(27-3)22(17-19)28-4;3-1(4)2(5)6/h5-7,9-12,17H,8,13-16H2,1-4H3;(H,3,4)(H,5,6).